The van der Waals surface area contributed by atoms with E-state index in [9.17, 15) is 14.4 Å². The molecule has 1 aromatic heterocycles. The van der Waals surface area contributed by atoms with E-state index in [1.54, 1.807) is 0 Å². The molecule has 0 atom stereocenters. The van der Waals surface area contributed by atoms with Gasteiger partial charge in [-0.05, 0) is 12.8 Å². The Labute approximate surface area is 120 Å². The van der Waals surface area contributed by atoms with Crippen molar-refractivity contribution in [1.29, 1.82) is 0 Å². The third kappa shape index (κ3) is 4.16. The number of piperidine rings is 1. The van der Waals surface area contributed by atoms with Gasteiger partial charge in [0.2, 0.25) is 5.91 Å². The van der Waals surface area contributed by atoms with E-state index in [4.69, 9.17) is 5.11 Å². The number of carboxylic acid groups (broad SMARTS) is 1. The van der Waals surface area contributed by atoms with Crippen LogP contribution < -0.4 is 10.9 Å². The van der Waals surface area contributed by atoms with Crippen molar-refractivity contribution in [3.63, 3.8) is 0 Å². The minimum Gasteiger partial charge on any atom is -0.465 e. The zero-order chi connectivity index (χ0) is 15.2. The van der Waals surface area contributed by atoms with E-state index in [1.165, 1.54) is 22.1 Å². The number of carbonyl (C=O) groups excluding carboxylic acids is 2. The Morgan fingerprint density at radius 3 is 2.33 bits per heavy atom. The standard InChI is InChI=1S/C11H16N6O4/c18-9(7-17-12-3-4-13-17)14-15-10(19)8-1-5-16(6-2-8)11(20)21/h3-4,8H,1-2,5-7H2,(H,14,18)(H,15,19)(H,20,21). The molecule has 21 heavy (non-hydrogen) atoms. The third-order valence-electron chi connectivity index (χ3n) is 3.21. The van der Waals surface area contributed by atoms with Gasteiger partial charge in [0.15, 0.2) is 0 Å². The average Bonchev–Trinajstić information content (AvgIpc) is 2.97. The van der Waals surface area contributed by atoms with E-state index < -0.39 is 12.0 Å². The molecule has 114 valence electrons. The van der Waals surface area contributed by atoms with Gasteiger partial charge < -0.3 is 10.0 Å². The van der Waals surface area contributed by atoms with Crippen LogP contribution in [0.3, 0.4) is 0 Å². The second-order valence-corrected chi connectivity index (χ2v) is 4.64. The second kappa shape index (κ2) is 6.68. The Balaban J connectivity index is 1.70. The van der Waals surface area contributed by atoms with Crippen molar-refractivity contribution in [3.05, 3.63) is 12.4 Å². The van der Waals surface area contributed by atoms with Gasteiger partial charge in [-0.2, -0.15) is 15.0 Å². The van der Waals surface area contributed by atoms with Gasteiger partial charge in [0, 0.05) is 19.0 Å². The van der Waals surface area contributed by atoms with Gasteiger partial charge >= 0.3 is 6.09 Å². The number of likely N-dealkylation sites (tertiary alicyclic amines) is 1. The number of aromatic nitrogens is 3. The summed E-state index contributed by atoms with van der Waals surface area (Å²) in [5, 5.41) is 16.4. The predicted octanol–water partition coefficient (Wildman–Crippen LogP) is -1.18. The number of hydrogen-bond acceptors (Lipinski definition) is 5. The highest BCUT2D eigenvalue weighted by molar-refractivity contribution is 5.83. The Morgan fingerprint density at radius 1 is 1.14 bits per heavy atom. The van der Waals surface area contributed by atoms with E-state index in [1.807, 2.05) is 0 Å². The summed E-state index contributed by atoms with van der Waals surface area (Å²) in [5.74, 6) is -1.06. The highest BCUT2D eigenvalue weighted by Crippen LogP contribution is 2.16. The van der Waals surface area contributed by atoms with Gasteiger partial charge in [0.25, 0.3) is 5.91 Å². The van der Waals surface area contributed by atoms with Crippen LogP contribution in [0.5, 0.6) is 0 Å². The number of nitrogens with one attached hydrogen (secondary N) is 2. The average molecular weight is 296 g/mol. The van der Waals surface area contributed by atoms with Crippen molar-refractivity contribution in [3.8, 4) is 0 Å². The number of hydrazine groups is 1. The maximum absolute atomic E-state index is 11.9. The van der Waals surface area contributed by atoms with Crippen LogP contribution in [0.25, 0.3) is 0 Å². The maximum atomic E-state index is 11.9. The first-order chi connectivity index (χ1) is 10.1. The normalized spacial score (nSPS) is 15.5. The summed E-state index contributed by atoms with van der Waals surface area (Å²) in [4.78, 5) is 36.6. The lowest BCUT2D eigenvalue weighted by Crippen LogP contribution is -2.48. The van der Waals surface area contributed by atoms with Crippen LogP contribution in [0.4, 0.5) is 4.79 Å². The van der Waals surface area contributed by atoms with Gasteiger partial charge in [-0.25, -0.2) is 4.79 Å². The van der Waals surface area contributed by atoms with Gasteiger partial charge in [0.1, 0.15) is 6.54 Å². The molecule has 3 amide bonds. The molecule has 2 rings (SSSR count). The van der Waals surface area contributed by atoms with Gasteiger partial charge in [0.05, 0.1) is 12.4 Å². The van der Waals surface area contributed by atoms with E-state index in [-0.39, 0.29) is 18.4 Å². The maximum Gasteiger partial charge on any atom is 0.407 e. The van der Waals surface area contributed by atoms with E-state index in [2.05, 4.69) is 21.0 Å². The molecular formula is C11H16N6O4. The van der Waals surface area contributed by atoms with Crippen molar-refractivity contribution in [2.45, 2.75) is 19.4 Å². The number of carbonyl (C=O) groups is 3. The van der Waals surface area contributed by atoms with Crippen LogP contribution in [0.15, 0.2) is 12.4 Å². The molecule has 3 N–H and O–H groups in total. The minimum absolute atomic E-state index is 0.0925. The zero-order valence-electron chi connectivity index (χ0n) is 11.2. The van der Waals surface area contributed by atoms with Crippen molar-refractivity contribution in [2.24, 2.45) is 5.92 Å². The summed E-state index contributed by atoms with van der Waals surface area (Å²) in [7, 11) is 0. The lowest BCUT2D eigenvalue weighted by molar-refractivity contribution is -0.132. The molecule has 1 saturated heterocycles. The topological polar surface area (TPSA) is 129 Å². The Morgan fingerprint density at radius 2 is 1.76 bits per heavy atom. The molecule has 0 radical (unpaired) electrons. The summed E-state index contributed by atoms with van der Waals surface area (Å²) >= 11 is 0. The third-order valence-corrected chi connectivity index (χ3v) is 3.21. The molecule has 1 fully saturated rings. The predicted molar refractivity (Wildman–Crippen MR) is 68.6 cm³/mol. The molecule has 0 bridgehead atoms. The van der Waals surface area contributed by atoms with E-state index in [0.29, 0.717) is 25.9 Å². The van der Waals surface area contributed by atoms with Crippen molar-refractivity contribution < 1.29 is 19.5 Å². The molecular weight excluding hydrogens is 280 g/mol. The number of nitrogens with zero attached hydrogens (tertiary/aromatic N) is 4. The lowest BCUT2D eigenvalue weighted by atomic mass is 9.96. The molecule has 0 aliphatic carbocycles. The first-order valence-corrected chi connectivity index (χ1v) is 6.47. The summed E-state index contributed by atoms with van der Waals surface area (Å²) in [6.07, 6.45) is 2.79. The molecule has 1 aromatic rings. The molecule has 0 saturated carbocycles. The molecule has 1 aliphatic heterocycles. The summed E-state index contributed by atoms with van der Waals surface area (Å²) in [6.45, 7) is 0.544. The van der Waals surface area contributed by atoms with Crippen LogP contribution in [0, 0.1) is 5.92 Å². The Kier molecular flexibility index (Phi) is 4.69. The molecule has 0 aromatic carbocycles. The van der Waals surface area contributed by atoms with E-state index in [0.717, 1.165) is 0 Å². The Bertz CT molecular complexity index is 509. The molecule has 0 unspecified atom stereocenters. The van der Waals surface area contributed by atoms with Crippen LogP contribution in [-0.2, 0) is 16.1 Å². The van der Waals surface area contributed by atoms with Gasteiger partial charge in [-0.3, -0.25) is 20.4 Å². The van der Waals surface area contributed by atoms with Gasteiger partial charge in [-0.15, -0.1) is 0 Å². The summed E-state index contributed by atoms with van der Waals surface area (Å²) in [6, 6.07) is 0. The summed E-state index contributed by atoms with van der Waals surface area (Å²) in [5.41, 5.74) is 4.62. The van der Waals surface area contributed by atoms with Crippen molar-refractivity contribution in [1.82, 2.24) is 30.7 Å². The monoisotopic (exact) mass is 296 g/mol. The van der Waals surface area contributed by atoms with Crippen LogP contribution >= 0.6 is 0 Å². The zero-order valence-corrected chi connectivity index (χ0v) is 11.2. The fourth-order valence-electron chi connectivity index (χ4n) is 2.06. The molecule has 1 aliphatic rings. The van der Waals surface area contributed by atoms with Crippen LogP contribution in [-0.4, -0.2) is 56.0 Å². The highest BCUT2D eigenvalue weighted by Gasteiger charge is 2.27. The van der Waals surface area contributed by atoms with E-state index >= 15 is 0 Å². The molecule has 2 heterocycles. The van der Waals surface area contributed by atoms with Crippen molar-refractivity contribution >= 4 is 17.9 Å². The Hall–Kier alpha value is -2.65. The van der Waals surface area contributed by atoms with Gasteiger partial charge in [-0.1, -0.05) is 0 Å². The largest absolute Gasteiger partial charge is 0.465 e. The fourth-order valence-corrected chi connectivity index (χ4v) is 2.06. The first-order valence-electron chi connectivity index (χ1n) is 6.47. The smallest absolute Gasteiger partial charge is 0.407 e. The number of rotatable bonds is 3. The number of hydrogen-bond donors (Lipinski definition) is 3. The number of amides is 3. The highest BCUT2D eigenvalue weighted by atomic mass is 16.4. The summed E-state index contributed by atoms with van der Waals surface area (Å²) < 4.78 is 0. The SMILES string of the molecule is O=C(Cn1nccn1)NNC(=O)C1CCN(C(=O)O)CC1. The first kappa shape index (κ1) is 14.8. The second-order valence-electron chi connectivity index (χ2n) is 4.64. The minimum atomic E-state index is -0.978. The molecule has 10 heteroatoms. The quantitative estimate of drug-likeness (QED) is 0.602. The fraction of sp³-hybridized carbons (Fsp3) is 0.545. The molecule has 0 spiro atoms. The van der Waals surface area contributed by atoms with Crippen molar-refractivity contribution in [2.75, 3.05) is 13.1 Å². The molecule has 10 nitrogen and oxygen atoms in total. The van der Waals surface area contributed by atoms with Crippen LogP contribution in [0.2, 0.25) is 0 Å². The van der Waals surface area contributed by atoms with Crippen LogP contribution in [0.1, 0.15) is 12.8 Å². The lowest BCUT2D eigenvalue weighted by Gasteiger charge is -2.29.